The van der Waals surface area contributed by atoms with Gasteiger partial charge in [0.1, 0.15) is 0 Å². The van der Waals surface area contributed by atoms with Gasteiger partial charge in [-0.2, -0.15) is 0 Å². The number of nitro groups is 1. The number of ether oxygens (including phenoxy) is 2. The fourth-order valence-corrected chi connectivity index (χ4v) is 4.07. The van der Waals surface area contributed by atoms with Gasteiger partial charge in [0.25, 0.3) is 0 Å². The van der Waals surface area contributed by atoms with Crippen LogP contribution in [0.4, 0.5) is 0 Å². The second-order valence-electron chi connectivity index (χ2n) is 6.66. The summed E-state index contributed by atoms with van der Waals surface area (Å²) in [5.41, 5.74) is -0.0464. The standard InChI is InChI=1S/C14H19NO5/c1-7(2)4-14(3)5-8-10(12(14)15(17)18)9-6-19-13(20-9)11(8)16/h5,7,9-10,12-13H,4,6H2,1-3H3/t9-,10+,12+,13-,14?/m1/s1. The molecule has 6 nitrogen and oxygen atoms in total. The zero-order valence-electron chi connectivity index (χ0n) is 11.9. The van der Waals surface area contributed by atoms with E-state index in [-0.39, 0.29) is 23.4 Å². The Morgan fingerprint density at radius 3 is 2.85 bits per heavy atom. The number of carbonyl (C=O) groups is 1. The van der Waals surface area contributed by atoms with Gasteiger partial charge in [0.15, 0.2) is 0 Å². The third-order valence-electron chi connectivity index (χ3n) is 4.54. The minimum Gasteiger partial charge on any atom is -0.343 e. The van der Waals surface area contributed by atoms with Crippen LogP contribution < -0.4 is 0 Å². The Kier molecular flexibility index (Phi) is 2.99. The number of rotatable bonds is 3. The normalized spacial score (nSPS) is 42.8. The van der Waals surface area contributed by atoms with Crippen LogP contribution >= 0.6 is 0 Å². The summed E-state index contributed by atoms with van der Waals surface area (Å²) in [6.07, 6.45) is 1.29. The maximum absolute atomic E-state index is 12.3. The average molecular weight is 281 g/mol. The molecule has 0 radical (unpaired) electrons. The highest BCUT2D eigenvalue weighted by atomic mass is 16.7. The first-order chi connectivity index (χ1) is 9.33. The van der Waals surface area contributed by atoms with Crippen LogP contribution in [0.15, 0.2) is 11.6 Å². The van der Waals surface area contributed by atoms with E-state index in [4.69, 9.17) is 9.47 Å². The number of ketones is 1. The van der Waals surface area contributed by atoms with Gasteiger partial charge in [0.05, 0.1) is 24.0 Å². The topological polar surface area (TPSA) is 78.7 Å². The molecule has 3 aliphatic rings. The Balaban J connectivity index is 2.04. The average Bonchev–Trinajstić information content (AvgIpc) is 2.86. The summed E-state index contributed by atoms with van der Waals surface area (Å²) in [6.45, 7) is 6.22. The fourth-order valence-electron chi connectivity index (χ4n) is 4.07. The number of carbonyl (C=O) groups excluding carboxylic acids is 1. The number of hydrogen-bond donors (Lipinski definition) is 0. The van der Waals surface area contributed by atoms with Crippen LogP contribution in [0, 0.1) is 27.4 Å². The predicted octanol–water partition coefficient (Wildman–Crippen LogP) is 1.56. The lowest BCUT2D eigenvalue weighted by molar-refractivity contribution is -0.546. The number of nitrogens with zero attached hydrogens (tertiary/aromatic N) is 1. The molecule has 0 amide bonds. The van der Waals surface area contributed by atoms with E-state index in [0.29, 0.717) is 17.9 Å². The van der Waals surface area contributed by atoms with Crippen molar-refractivity contribution < 1.29 is 19.2 Å². The van der Waals surface area contributed by atoms with Crippen LogP contribution in [0.2, 0.25) is 0 Å². The third-order valence-corrected chi connectivity index (χ3v) is 4.54. The molecule has 20 heavy (non-hydrogen) atoms. The van der Waals surface area contributed by atoms with Gasteiger partial charge < -0.3 is 9.47 Å². The molecule has 2 saturated heterocycles. The van der Waals surface area contributed by atoms with E-state index < -0.39 is 23.7 Å². The molecule has 2 fully saturated rings. The summed E-state index contributed by atoms with van der Waals surface area (Å²) in [6, 6.07) is -0.809. The SMILES string of the molecule is CC(C)CC1(C)C=C2C(=O)[C@@H]3OC[C@@H](O3)[C@H]2[C@@H]1[N+](=O)[O-]. The summed E-state index contributed by atoms with van der Waals surface area (Å²) in [5.74, 6) is -0.382. The molecule has 110 valence electrons. The van der Waals surface area contributed by atoms with Crippen molar-refractivity contribution in [2.75, 3.05) is 6.61 Å². The molecule has 1 unspecified atom stereocenters. The molecule has 1 aliphatic carbocycles. The second kappa shape index (κ2) is 4.36. The molecule has 0 aromatic rings. The van der Waals surface area contributed by atoms with Gasteiger partial charge >= 0.3 is 0 Å². The van der Waals surface area contributed by atoms with Crippen LogP contribution in [0.3, 0.4) is 0 Å². The zero-order chi connectivity index (χ0) is 14.7. The van der Waals surface area contributed by atoms with Crippen molar-refractivity contribution >= 4 is 5.78 Å². The minimum absolute atomic E-state index is 0.233. The Morgan fingerprint density at radius 1 is 1.55 bits per heavy atom. The van der Waals surface area contributed by atoms with E-state index in [0.717, 1.165) is 0 Å². The van der Waals surface area contributed by atoms with Gasteiger partial charge in [-0.1, -0.05) is 19.9 Å². The first-order valence-electron chi connectivity index (χ1n) is 7.01. The van der Waals surface area contributed by atoms with E-state index >= 15 is 0 Å². The highest BCUT2D eigenvalue weighted by molar-refractivity contribution is 6.00. The van der Waals surface area contributed by atoms with Gasteiger partial charge in [0, 0.05) is 10.5 Å². The van der Waals surface area contributed by atoms with Crippen LogP contribution in [0.1, 0.15) is 27.2 Å². The molecule has 2 bridgehead atoms. The highest BCUT2D eigenvalue weighted by Crippen LogP contribution is 2.51. The van der Waals surface area contributed by atoms with Crippen molar-refractivity contribution in [1.82, 2.24) is 0 Å². The molecule has 6 heteroatoms. The van der Waals surface area contributed by atoms with Crippen molar-refractivity contribution in [2.24, 2.45) is 17.3 Å². The van der Waals surface area contributed by atoms with E-state index in [1.54, 1.807) is 0 Å². The zero-order valence-corrected chi connectivity index (χ0v) is 11.9. The van der Waals surface area contributed by atoms with Crippen LogP contribution in [-0.2, 0) is 14.3 Å². The van der Waals surface area contributed by atoms with Gasteiger partial charge in [-0.15, -0.1) is 0 Å². The molecule has 2 heterocycles. The summed E-state index contributed by atoms with van der Waals surface area (Å²) in [7, 11) is 0. The molecule has 0 N–H and O–H groups in total. The molecule has 0 spiro atoms. The quantitative estimate of drug-likeness (QED) is 0.579. The lowest BCUT2D eigenvalue weighted by Crippen LogP contribution is -2.47. The monoisotopic (exact) mass is 281 g/mol. The van der Waals surface area contributed by atoms with Crippen LogP contribution in [-0.4, -0.2) is 35.7 Å². The molecular formula is C14H19NO5. The maximum atomic E-state index is 12.3. The Labute approximate surface area is 117 Å². The van der Waals surface area contributed by atoms with E-state index in [1.807, 2.05) is 26.8 Å². The number of hydrogen-bond acceptors (Lipinski definition) is 5. The molecule has 3 rings (SSSR count). The van der Waals surface area contributed by atoms with Gasteiger partial charge in [-0.3, -0.25) is 14.9 Å². The van der Waals surface area contributed by atoms with Gasteiger partial charge in [-0.25, -0.2) is 0 Å². The summed E-state index contributed by atoms with van der Waals surface area (Å²) < 4.78 is 10.8. The van der Waals surface area contributed by atoms with Crippen molar-refractivity contribution in [3.63, 3.8) is 0 Å². The minimum atomic E-state index is -0.851. The molecule has 0 saturated carbocycles. The first kappa shape index (κ1) is 13.7. The summed E-state index contributed by atoms with van der Waals surface area (Å²) in [5, 5.41) is 11.6. The van der Waals surface area contributed by atoms with Gasteiger partial charge in [0.2, 0.25) is 18.1 Å². The van der Waals surface area contributed by atoms with Crippen LogP contribution in [0.5, 0.6) is 0 Å². The third kappa shape index (κ3) is 1.82. The van der Waals surface area contributed by atoms with Crippen molar-refractivity contribution in [2.45, 2.75) is 45.6 Å². The second-order valence-corrected chi connectivity index (χ2v) is 6.66. The molecule has 0 aromatic carbocycles. The lowest BCUT2D eigenvalue weighted by Gasteiger charge is -2.31. The molecule has 2 aliphatic heterocycles. The van der Waals surface area contributed by atoms with Gasteiger partial charge in [-0.05, 0) is 19.3 Å². The largest absolute Gasteiger partial charge is 0.343 e. The first-order valence-corrected chi connectivity index (χ1v) is 7.01. The predicted molar refractivity (Wildman–Crippen MR) is 69.5 cm³/mol. The molecule has 0 aromatic heterocycles. The van der Waals surface area contributed by atoms with Crippen molar-refractivity contribution in [3.8, 4) is 0 Å². The maximum Gasteiger partial charge on any atom is 0.231 e. The summed E-state index contributed by atoms with van der Waals surface area (Å²) >= 11 is 0. The fraction of sp³-hybridized carbons (Fsp3) is 0.786. The molecular weight excluding hydrogens is 262 g/mol. The van der Waals surface area contributed by atoms with Crippen LogP contribution in [0.25, 0.3) is 0 Å². The number of fused-ring (bicyclic) bond motifs is 4. The van der Waals surface area contributed by atoms with Crippen molar-refractivity contribution in [1.29, 1.82) is 0 Å². The Hall–Kier alpha value is -1.27. The Bertz CT molecular complexity index is 500. The highest BCUT2D eigenvalue weighted by Gasteiger charge is 2.62. The smallest absolute Gasteiger partial charge is 0.231 e. The molecule has 5 atom stereocenters. The van der Waals surface area contributed by atoms with E-state index in [9.17, 15) is 14.9 Å². The van der Waals surface area contributed by atoms with E-state index in [2.05, 4.69) is 0 Å². The lowest BCUT2D eigenvalue weighted by atomic mass is 9.75. The summed E-state index contributed by atoms with van der Waals surface area (Å²) in [4.78, 5) is 23.6. The number of Topliss-reactive ketones (excluding diaryl/α,β-unsaturated/α-hetero) is 1. The van der Waals surface area contributed by atoms with Crippen molar-refractivity contribution in [3.05, 3.63) is 21.8 Å². The Morgan fingerprint density at radius 2 is 2.25 bits per heavy atom. The van der Waals surface area contributed by atoms with E-state index in [1.165, 1.54) is 0 Å².